The molecule has 0 nitrogen and oxygen atoms in total. The zero-order valence-electron chi connectivity index (χ0n) is 6.98. The van der Waals surface area contributed by atoms with Crippen molar-refractivity contribution in [2.45, 2.75) is 6.18 Å². The van der Waals surface area contributed by atoms with E-state index in [4.69, 9.17) is 0 Å². The average Bonchev–Trinajstić information content (AvgIpc) is 2.14. The van der Waals surface area contributed by atoms with Gasteiger partial charge in [0.1, 0.15) is 0 Å². The first-order chi connectivity index (χ1) is 6.54. The summed E-state index contributed by atoms with van der Waals surface area (Å²) in [5.74, 6) is 0. The molecule has 0 amide bonds. The van der Waals surface area contributed by atoms with E-state index in [1.165, 1.54) is 17.1 Å². The Labute approximate surface area is 87.9 Å². The SMILES string of the molecule is FC(F)(F)c1ccc(C=C=CBr)cc1. The summed E-state index contributed by atoms with van der Waals surface area (Å²) in [7, 11) is 0. The minimum Gasteiger partial charge on any atom is -0.166 e. The van der Waals surface area contributed by atoms with Crippen molar-refractivity contribution < 1.29 is 13.2 Å². The third-order valence-corrected chi connectivity index (χ3v) is 1.82. The molecule has 0 aliphatic carbocycles. The van der Waals surface area contributed by atoms with E-state index >= 15 is 0 Å². The molecule has 1 aromatic carbocycles. The first kappa shape index (κ1) is 11.1. The second-order valence-electron chi connectivity index (χ2n) is 2.54. The maximum Gasteiger partial charge on any atom is 0.416 e. The maximum absolute atomic E-state index is 12.1. The minimum atomic E-state index is -4.27. The molecule has 0 aliphatic rings. The Kier molecular flexibility index (Phi) is 3.55. The number of benzene rings is 1. The average molecular weight is 263 g/mol. The van der Waals surface area contributed by atoms with Gasteiger partial charge in [0.25, 0.3) is 0 Å². The summed E-state index contributed by atoms with van der Waals surface area (Å²) in [4.78, 5) is 1.50. The summed E-state index contributed by atoms with van der Waals surface area (Å²) in [6, 6.07) is 4.88. The number of alkyl halides is 3. The Balaban J connectivity index is 2.95. The van der Waals surface area contributed by atoms with Crippen molar-refractivity contribution in [1.29, 1.82) is 0 Å². The Hall–Kier alpha value is -0.990. The van der Waals surface area contributed by atoms with Crippen LogP contribution in [0.1, 0.15) is 11.1 Å². The van der Waals surface area contributed by atoms with Crippen molar-refractivity contribution in [2.24, 2.45) is 0 Å². The fourth-order valence-electron chi connectivity index (χ4n) is 0.896. The van der Waals surface area contributed by atoms with E-state index in [9.17, 15) is 13.2 Å². The molecule has 74 valence electrons. The third kappa shape index (κ3) is 3.05. The Morgan fingerprint density at radius 2 is 1.71 bits per heavy atom. The number of halogens is 4. The van der Waals surface area contributed by atoms with Crippen molar-refractivity contribution >= 4 is 22.0 Å². The molecule has 1 rings (SSSR count). The van der Waals surface area contributed by atoms with Crippen LogP contribution in [0.3, 0.4) is 0 Å². The summed E-state index contributed by atoms with van der Waals surface area (Å²) in [5.41, 5.74) is 2.74. The summed E-state index contributed by atoms with van der Waals surface area (Å²) < 4.78 is 36.4. The van der Waals surface area contributed by atoms with Crippen molar-refractivity contribution in [1.82, 2.24) is 0 Å². The van der Waals surface area contributed by atoms with Gasteiger partial charge in [-0.25, -0.2) is 0 Å². The molecular weight excluding hydrogens is 257 g/mol. The van der Waals surface area contributed by atoms with Crippen LogP contribution in [0.2, 0.25) is 0 Å². The largest absolute Gasteiger partial charge is 0.416 e. The molecule has 0 aliphatic heterocycles. The summed E-state index contributed by atoms with van der Waals surface area (Å²) >= 11 is 3.01. The van der Waals surface area contributed by atoms with Gasteiger partial charge in [0, 0.05) is 4.99 Å². The van der Waals surface area contributed by atoms with Crippen LogP contribution in [0.5, 0.6) is 0 Å². The van der Waals surface area contributed by atoms with Crippen molar-refractivity contribution in [3.05, 3.63) is 46.1 Å². The van der Waals surface area contributed by atoms with Gasteiger partial charge in [-0.3, -0.25) is 0 Å². The Morgan fingerprint density at radius 1 is 1.14 bits per heavy atom. The lowest BCUT2D eigenvalue weighted by Gasteiger charge is -2.05. The molecule has 0 fully saturated rings. The predicted octanol–water partition coefficient (Wildman–Crippen LogP) is 4.23. The highest BCUT2D eigenvalue weighted by atomic mass is 79.9. The fraction of sp³-hybridized carbons (Fsp3) is 0.100. The highest BCUT2D eigenvalue weighted by Gasteiger charge is 2.29. The van der Waals surface area contributed by atoms with Gasteiger partial charge in [-0.05, 0) is 23.8 Å². The van der Waals surface area contributed by atoms with Gasteiger partial charge in [0.15, 0.2) is 0 Å². The second kappa shape index (κ2) is 4.49. The van der Waals surface area contributed by atoms with Crippen molar-refractivity contribution in [3.8, 4) is 0 Å². The Bertz CT molecular complexity index is 356. The van der Waals surface area contributed by atoms with Gasteiger partial charge in [0.2, 0.25) is 0 Å². The molecule has 0 aromatic heterocycles. The van der Waals surface area contributed by atoms with E-state index < -0.39 is 11.7 Å². The van der Waals surface area contributed by atoms with Crippen LogP contribution in [0.25, 0.3) is 6.08 Å². The van der Waals surface area contributed by atoms with Gasteiger partial charge in [-0.1, -0.05) is 28.1 Å². The van der Waals surface area contributed by atoms with Crippen LogP contribution >= 0.6 is 15.9 Å². The number of hydrogen-bond donors (Lipinski definition) is 0. The van der Waals surface area contributed by atoms with Crippen LogP contribution in [-0.4, -0.2) is 0 Å². The summed E-state index contributed by atoms with van der Waals surface area (Å²) in [5, 5.41) is 0. The van der Waals surface area contributed by atoms with Gasteiger partial charge in [0.05, 0.1) is 5.56 Å². The minimum absolute atomic E-state index is 0.641. The zero-order valence-corrected chi connectivity index (χ0v) is 8.56. The van der Waals surface area contributed by atoms with E-state index in [1.807, 2.05) is 0 Å². The van der Waals surface area contributed by atoms with Gasteiger partial charge < -0.3 is 0 Å². The molecule has 0 N–H and O–H groups in total. The first-order valence-corrected chi connectivity index (χ1v) is 4.64. The zero-order chi connectivity index (χ0) is 10.6. The van der Waals surface area contributed by atoms with Gasteiger partial charge in [-0.15, -0.1) is 5.73 Å². The number of hydrogen-bond acceptors (Lipinski definition) is 0. The molecule has 0 bridgehead atoms. The predicted molar refractivity (Wildman–Crippen MR) is 52.9 cm³/mol. The lowest BCUT2D eigenvalue weighted by atomic mass is 10.1. The fourth-order valence-corrected chi connectivity index (χ4v) is 1.03. The topological polar surface area (TPSA) is 0 Å². The van der Waals surface area contributed by atoms with Gasteiger partial charge >= 0.3 is 6.18 Å². The van der Waals surface area contributed by atoms with Crippen molar-refractivity contribution in [2.75, 3.05) is 0 Å². The molecule has 0 atom stereocenters. The molecule has 0 saturated heterocycles. The molecule has 0 unspecified atom stereocenters. The molecule has 0 heterocycles. The summed E-state index contributed by atoms with van der Waals surface area (Å²) in [6.07, 6.45) is -2.69. The molecule has 14 heavy (non-hydrogen) atoms. The highest BCUT2D eigenvalue weighted by molar-refractivity contribution is 9.11. The monoisotopic (exact) mass is 262 g/mol. The molecule has 4 heteroatoms. The van der Waals surface area contributed by atoms with Crippen LogP contribution in [-0.2, 0) is 6.18 Å². The van der Waals surface area contributed by atoms with E-state index in [0.717, 1.165) is 12.1 Å². The molecule has 1 aromatic rings. The quantitative estimate of drug-likeness (QED) is 0.665. The molecule has 0 saturated carbocycles. The van der Waals surface area contributed by atoms with Crippen molar-refractivity contribution in [3.63, 3.8) is 0 Å². The van der Waals surface area contributed by atoms with Crippen LogP contribution in [0.4, 0.5) is 13.2 Å². The van der Waals surface area contributed by atoms with Crippen LogP contribution in [0.15, 0.2) is 35.0 Å². The molecular formula is C10H6BrF3. The second-order valence-corrected chi connectivity index (χ2v) is 3.00. The van der Waals surface area contributed by atoms with Gasteiger partial charge in [-0.2, -0.15) is 13.2 Å². The lowest BCUT2D eigenvalue weighted by Crippen LogP contribution is -2.03. The normalized spacial score (nSPS) is 10.6. The van der Waals surface area contributed by atoms with E-state index in [-0.39, 0.29) is 0 Å². The Morgan fingerprint density at radius 3 is 2.14 bits per heavy atom. The van der Waals surface area contributed by atoms with E-state index in [1.54, 1.807) is 6.08 Å². The molecule has 0 radical (unpaired) electrons. The maximum atomic E-state index is 12.1. The first-order valence-electron chi connectivity index (χ1n) is 3.72. The van der Waals surface area contributed by atoms with Crippen LogP contribution < -0.4 is 0 Å². The highest BCUT2D eigenvalue weighted by Crippen LogP contribution is 2.29. The third-order valence-electron chi connectivity index (χ3n) is 1.55. The van der Waals surface area contributed by atoms with E-state index in [0.29, 0.717) is 5.56 Å². The lowest BCUT2D eigenvalue weighted by molar-refractivity contribution is -0.137. The molecule has 0 spiro atoms. The van der Waals surface area contributed by atoms with Crippen LogP contribution in [0, 0.1) is 0 Å². The van der Waals surface area contributed by atoms with E-state index in [2.05, 4.69) is 21.7 Å². The number of rotatable bonds is 1. The summed E-state index contributed by atoms with van der Waals surface area (Å²) in [6.45, 7) is 0. The standard InChI is InChI=1S/C10H6BrF3/c11-7-1-2-8-3-5-9(6-4-8)10(12,13)14/h2-7H. The smallest absolute Gasteiger partial charge is 0.166 e.